The van der Waals surface area contributed by atoms with Crippen molar-refractivity contribution >= 4 is 17.5 Å². The standard InChI is InChI=1S/C20H23N5O2/c1-14-4-3-9-25(12-14)20-22-15(2)10-19(24-20)27-13-18(26)23-17-7-5-16(11-21)6-8-17/h5-8,10,14H,3-4,9,12-13H2,1-2H3,(H,23,26). The topological polar surface area (TPSA) is 91.1 Å². The Balaban J connectivity index is 1.60. The Morgan fingerprint density at radius 2 is 2.15 bits per heavy atom. The number of carbonyl (C=O) groups excluding carboxylic acids is 1. The van der Waals surface area contributed by atoms with Gasteiger partial charge in [-0.1, -0.05) is 6.92 Å². The maximum atomic E-state index is 12.1. The van der Waals surface area contributed by atoms with Gasteiger partial charge in [-0.25, -0.2) is 4.98 Å². The molecule has 1 fully saturated rings. The molecule has 1 aliphatic heterocycles. The first kappa shape index (κ1) is 18.6. The number of hydrogen-bond donors (Lipinski definition) is 1. The second-order valence-corrected chi connectivity index (χ2v) is 6.87. The van der Waals surface area contributed by atoms with Gasteiger partial charge in [0, 0.05) is 30.5 Å². The number of ether oxygens (including phenoxy) is 1. The molecule has 0 saturated carbocycles. The molecular formula is C20H23N5O2. The van der Waals surface area contributed by atoms with Crippen molar-refractivity contribution in [2.45, 2.75) is 26.7 Å². The number of carbonyl (C=O) groups is 1. The van der Waals surface area contributed by atoms with Crippen LogP contribution in [0.3, 0.4) is 0 Å². The van der Waals surface area contributed by atoms with E-state index >= 15 is 0 Å². The van der Waals surface area contributed by atoms with Crippen LogP contribution in [0, 0.1) is 24.2 Å². The number of anilines is 2. The normalized spacial score (nSPS) is 16.5. The smallest absolute Gasteiger partial charge is 0.262 e. The van der Waals surface area contributed by atoms with Crippen molar-refractivity contribution in [1.29, 1.82) is 5.26 Å². The lowest BCUT2D eigenvalue weighted by atomic mass is 10.0. The Kier molecular flexibility index (Phi) is 5.87. The first-order chi connectivity index (χ1) is 13.0. The minimum absolute atomic E-state index is 0.147. The second kappa shape index (κ2) is 8.49. The van der Waals surface area contributed by atoms with Crippen molar-refractivity contribution in [3.8, 4) is 11.9 Å². The van der Waals surface area contributed by atoms with Gasteiger partial charge in [0.2, 0.25) is 11.8 Å². The minimum atomic E-state index is -0.288. The molecule has 1 aromatic heterocycles. The summed E-state index contributed by atoms with van der Waals surface area (Å²) < 4.78 is 5.58. The maximum absolute atomic E-state index is 12.1. The van der Waals surface area contributed by atoms with Crippen molar-refractivity contribution in [1.82, 2.24) is 9.97 Å². The number of nitriles is 1. The Morgan fingerprint density at radius 1 is 1.37 bits per heavy atom. The fourth-order valence-corrected chi connectivity index (χ4v) is 3.08. The van der Waals surface area contributed by atoms with Crippen LogP contribution in [0.4, 0.5) is 11.6 Å². The van der Waals surface area contributed by atoms with Crippen LogP contribution in [0.1, 0.15) is 31.0 Å². The molecule has 0 aliphatic carbocycles. The van der Waals surface area contributed by atoms with E-state index in [1.54, 1.807) is 30.3 Å². The molecule has 1 aliphatic rings. The molecular weight excluding hydrogens is 342 g/mol. The highest BCUT2D eigenvalue weighted by molar-refractivity contribution is 5.91. The van der Waals surface area contributed by atoms with E-state index in [-0.39, 0.29) is 12.5 Å². The average molecular weight is 365 g/mol. The van der Waals surface area contributed by atoms with Gasteiger partial charge in [0.1, 0.15) is 0 Å². The molecule has 2 heterocycles. The summed E-state index contributed by atoms with van der Waals surface area (Å²) in [6, 6.07) is 10.4. The highest BCUT2D eigenvalue weighted by atomic mass is 16.5. The minimum Gasteiger partial charge on any atom is -0.467 e. The summed E-state index contributed by atoms with van der Waals surface area (Å²) in [5, 5.41) is 11.5. The number of aryl methyl sites for hydroxylation is 1. The first-order valence-corrected chi connectivity index (χ1v) is 9.07. The van der Waals surface area contributed by atoms with Gasteiger partial charge >= 0.3 is 0 Å². The quantitative estimate of drug-likeness (QED) is 0.876. The molecule has 1 atom stereocenters. The summed E-state index contributed by atoms with van der Waals surface area (Å²) in [7, 11) is 0. The van der Waals surface area contributed by atoms with Crippen molar-refractivity contribution in [3.05, 3.63) is 41.6 Å². The molecule has 1 saturated heterocycles. The van der Waals surface area contributed by atoms with Gasteiger partial charge in [0.15, 0.2) is 6.61 Å². The number of amides is 1. The van der Waals surface area contributed by atoms with Crippen LogP contribution in [0.15, 0.2) is 30.3 Å². The van der Waals surface area contributed by atoms with E-state index in [1.165, 1.54) is 6.42 Å². The summed E-state index contributed by atoms with van der Waals surface area (Å²) in [5.41, 5.74) is 1.96. The van der Waals surface area contributed by atoms with Crippen molar-refractivity contribution in [2.24, 2.45) is 5.92 Å². The Hall–Kier alpha value is -3.14. The van der Waals surface area contributed by atoms with Gasteiger partial charge in [0.25, 0.3) is 5.91 Å². The fraction of sp³-hybridized carbons (Fsp3) is 0.400. The number of piperidine rings is 1. The number of benzene rings is 1. The third-order valence-electron chi connectivity index (χ3n) is 4.41. The maximum Gasteiger partial charge on any atom is 0.262 e. The predicted octanol–water partition coefficient (Wildman–Crippen LogP) is 2.91. The number of aromatic nitrogens is 2. The zero-order chi connectivity index (χ0) is 19.2. The van der Waals surface area contributed by atoms with Gasteiger partial charge in [-0.05, 0) is 49.9 Å². The molecule has 1 unspecified atom stereocenters. The molecule has 0 radical (unpaired) electrons. The number of nitrogens with one attached hydrogen (secondary N) is 1. The van der Waals surface area contributed by atoms with Crippen LogP contribution in [0.2, 0.25) is 0 Å². The largest absolute Gasteiger partial charge is 0.467 e. The molecule has 7 nitrogen and oxygen atoms in total. The van der Waals surface area contributed by atoms with Gasteiger partial charge in [0.05, 0.1) is 11.6 Å². The van der Waals surface area contributed by atoms with Gasteiger partial charge in [-0.15, -0.1) is 0 Å². The molecule has 7 heteroatoms. The molecule has 27 heavy (non-hydrogen) atoms. The lowest BCUT2D eigenvalue weighted by Gasteiger charge is -2.31. The Morgan fingerprint density at radius 3 is 2.85 bits per heavy atom. The van der Waals surface area contributed by atoms with Gasteiger partial charge in [-0.3, -0.25) is 4.79 Å². The van der Waals surface area contributed by atoms with E-state index in [1.807, 2.05) is 13.0 Å². The average Bonchev–Trinajstić information content (AvgIpc) is 2.66. The van der Waals surface area contributed by atoms with Crippen LogP contribution >= 0.6 is 0 Å². The van der Waals surface area contributed by atoms with Gasteiger partial charge < -0.3 is 15.0 Å². The number of hydrogen-bond acceptors (Lipinski definition) is 6. The zero-order valence-corrected chi connectivity index (χ0v) is 15.6. The fourth-order valence-electron chi connectivity index (χ4n) is 3.08. The van der Waals surface area contributed by atoms with Crippen molar-refractivity contribution in [3.63, 3.8) is 0 Å². The van der Waals surface area contributed by atoms with E-state index in [2.05, 4.69) is 27.1 Å². The summed E-state index contributed by atoms with van der Waals surface area (Å²) in [4.78, 5) is 23.3. The molecule has 1 aromatic carbocycles. The summed E-state index contributed by atoms with van der Waals surface area (Å²) in [5.74, 6) is 1.38. The first-order valence-electron chi connectivity index (χ1n) is 9.07. The zero-order valence-electron chi connectivity index (χ0n) is 15.6. The van der Waals surface area contributed by atoms with Crippen LogP contribution in [0.5, 0.6) is 5.88 Å². The van der Waals surface area contributed by atoms with Crippen LogP contribution < -0.4 is 15.0 Å². The molecule has 140 valence electrons. The number of nitrogens with zero attached hydrogens (tertiary/aromatic N) is 4. The molecule has 0 bridgehead atoms. The number of rotatable bonds is 5. The SMILES string of the molecule is Cc1cc(OCC(=O)Nc2ccc(C#N)cc2)nc(N2CCCC(C)C2)n1. The van der Waals surface area contributed by atoms with E-state index < -0.39 is 0 Å². The Bertz CT molecular complexity index is 844. The van der Waals surface area contributed by atoms with Crippen LogP contribution in [-0.4, -0.2) is 35.6 Å². The highest BCUT2D eigenvalue weighted by Gasteiger charge is 2.19. The van der Waals surface area contributed by atoms with E-state index in [0.717, 1.165) is 25.2 Å². The van der Waals surface area contributed by atoms with E-state index in [4.69, 9.17) is 10.00 Å². The monoisotopic (exact) mass is 365 g/mol. The molecule has 1 amide bonds. The van der Waals surface area contributed by atoms with Crippen molar-refractivity contribution < 1.29 is 9.53 Å². The van der Waals surface area contributed by atoms with Crippen LogP contribution in [-0.2, 0) is 4.79 Å². The van der Waals surface area contributed by atoms with E-state index in [0.29, 0.717) is 29.0 Å². The highest BCUT2D eigenvalue weighted by Crippen LogP contribution is 2.22. The molecule has 3 rings (SSSR count). The molecule has 1 N–H and O–H groups in total. The third kappa shape index (κ3) is 5.17. The van der Waals surface area contributed by atoms with Crippen LogP contribution in [0.25, 0.3) is 0 Å². The predicted molar refractivity (Wildman–Crippen MR) is 103 cm³/mol. The Labute approximate surface area is 159 Å². The van der Waals surface area contributed by atoms with E-state index in [9.17, 15) is 4.79 Å². The lowest BCUT2D eigenvalue weighted by molar-refractivity contribution is -0.118. The lowest BCUT2D eigenvalue weighted by Crippen LogP contribution is -2.35. The molecule has 0 spiro atoms. The third-order valence-corrected chi connectivity index (χ3v) is 4.41. The second-order valence-electron chi connectivity index (χ2n) is 6.87. The summed E-state index contributed by atoms with van der Waals surface area (Å²) in [6.07, 6.45) is 2.35. The van der Waals surface area contributed by atoms with Crippen molar-refractivity contribution in [2.75, 3.05) is 29.9 Å². The van der Waals surface area contributed by atoms with Gasteiger partial charge in [-0.2, -0.15) is 10.2 Å². The molecule has 2 aromatic rings. The summed E-state index contributed by atoms with van der Waals surface area (Å²) >= 11 is 0. The summed E-state index contributed by atoms with van der Waals surface area (Å²) in [6.45, 7) is 5.84.